The molecule has 114 valence electrons. The standard InChI is InChI=1S/C15H20FN3O2/c1-3-12(17)6-10-5-11(16)8-13(7-10)20-9-14-18-15(4-2)21-19-14/h5,7-8,12H,3-4,6,9,17H2,1-2H3. The zero-order valence-corrected chi connectivity index (χ0v) is 12.3. The molecule has 2 N–H and O–H groups in total. The summed E-state index contributed by atoms with van der Waals surface area (Å²) >= 11 is 0. The van der Waals surface area contributed by atoms with Gasteiger partial charge in [0.2, 0.25) is 11.7 Å². The van der Waals surface area contributed by atoms with Gasteiger partial charge in [-0.3, -0.25) is 0 Å². The smallest absolute Gasteiger partial charge is 0.226 e. The fourth-order valence-electron chi connectivity index (χ4n) is 1.91. The molecular formula is C15H20FN3O2. The molecule has 0 aliphatic rings. The maximum absolute atomic E-state index is 13.6. The maximum atomic E-state index is 13.6. The topological polar surface area (TPSA) is 74.2 Å². The van der Waals surface area contributed by atoms with Crippen LogP contribution in [0.5, 0.6) is 5.75 Å². The van der Waals surface area contributed by atoms with E-state index in [0.29, 0.717) is 30.3 Å². The minimum atomic E-state index is -0.340. The van der Waals surface area contributed by atoms with E-state index < -0.39 is 0 Å². The van der Waals surface area contributed by atoms with E-state index in [0.717, 1.165) is 12.0 Å². The van der Waals surface area contributed by atoms with Crippen molar-refractivity contribution < 1.29 is 13.7 Å². The molecule has 0 radical (unpaired) electrons. The summed E-state index contributed by atoms with van der Waals surface area (Å²) in [4.78, 5) is 4.13. The molecular weight excluding hydrogens is 273 g/mol. The number of halogens is 1. The van der Waals surface area contributed by atoms with Crippen molar-refractivity contribution in [2.75, 3.05) is 0 Å². The average molecular weight is 293 g/mol. The Morgan fingerprint density at radius 1 is 1.33 bits per heavy atom. The Bertz CT molecular complexity index is 586. The zero-order chi connectivity index (χ0) is 15.2. The Morgan fingerprint density at radius 2 is 2.14 bits per heavy atom. The number of nitrogens with two attached hydrogens (primary N) is 1. The first-order valence-corrected chi connectivity index (χ1v) is 7.10. The number of ether oxygens (including phenoxy) is 1. The van der Waals surface area contributed by atoms with Crippen LogP contribution in [0.3, 0.4) is 0 Å². The molecule has 0 amide bonds. The second-order valence-corrected chi connectivity index (χ2v) is 4.91. The van der Waals surface area contributed by atoms with Gasteiger partial charge < -0.3 is 15.0 Å². The molecule has 1 heterocycles. The lowest BCUT2D eigenvalue weighted by Crippen LogP contribution is -2.21. The van der Waals surface area contributed by atoms with Gasteiger partial charge in [0, 0.05) is 18.5 Å². The van der Waals surface area contributed by atoms with Gasteiger partial charge in [-0.25, -0.2) is 4.39 Å². The molecule has 21 heavy (non-hydrogen) atoms. The van der Waals surface area contributed by atoms with E-state index in [1.165, 1.54) is 12.1 Å². The van der Waals surface area contributed by atoms with Gasteiger partial charge in [0.1, 0.15) is 11.6 Å². The number of benzene rings is 1. The number of hydrogen-bond donors (Lipinski definition) is 1. The Labute approximate surface area is 123 Å². The van der Waals surface area contributed by atoms with Crippen LogP contribution in [0.4, 0.5) is 4.39 Å². The lowest BCUT2D eigenvalue weighted by atomic mass is 10.0. The Balaban J connectivity index is 2.02. The minimum Gasteiger partial charge on any atom is -0.485 e. The normalized spacial score (nSPS) is 12.4. The summed E-state index contributed by atoms with van der Waals surface area (Å²) in [7, 11) is 0. The first-order chi connectivity index (χ1) is 10.1. The lowest BCUT2D eigenvalue weighted by Gasteiger charge is -2.11. The molecule has 0 spiro atoms. The number of rotatable bonds is 7. The van der Waals surface area contributed by atoms with Crippen molar-refractivity contribution in [1.82, 2.24) is 10.1 Å². The quantitative estimate of drug-likeness (QED) is 0.849. The predicted molar refractivity (Wildman–Crippen MR) is 76.4 cm³/mol. The van der Waals surface area contributed by atoms with Crippen LogP contribution in [-0.4, -0.2) is 16.2 Å². The van der Waals surface area contributed by atoms with Gasteiger partial charge in [-0.1, -0.05) is 19.0 Å². The third-order valence-electron chi connectivity index (χ3n) is 3.13. The predicted octanol–water partition coefficient (Wildman–Crippen LogP) is 2.63. The summed E-state index contributed by atoms with van der Waals surface area (Å²) in [6.45, 7) is 4.07. The maximum Gasteiger partial charge on any atom is 0.226 e. The van der Waals surface area contributed by atoms with Crippen molar-refractivity contribution in [3.05, 3.63) is 41.3 Å². The van der Waals surface area contributed by atoms with Crippen LogP contribution >= 0.6 is 0 Å². The van der Waals surface area contributed by atoms with Crippen molar-refractivity contribution in [2.45, 2.75) is 45.8 Å². The highest BCUT2D eigenvalue weighted by Gasteiger charge is 2.08. The zero-order valence-electron chi connectivity index (χ0n) is 12.3. The van der Waals surface area contributed by atoms with Crippen molar-refractivity contribution in [1.29, 1.82) is 0 Å². The third kappa shape index (κ3) is 4.53. The molecule has 0 saturated carbocycles. The summed E-state index contributed by atoms with van der Waals surface area (Å²) in [6, 6.07) is 4.62. The largest absolute Gasteiger partial charge is 0.485 e. The van der Waals surface area contributed by atoms with Gasteiger partial charge in [0.15, 0.2) is 6.61 Å². The molecule has 0 bridgehead atoms. The number of nitrogens with zero attached hydrogens (tertiary/aromatic N) is 2. The molecule has 1 aromatic heterocycles. The van der Waals surface area contributed by atoms with Gasteiger partial charge in [0.25, 0.3) is 0 Å². The molecule has 1 atom stereocenters. The van der Waals surface area contributed by atoms with Crippen LogP contribution in [-0.2, 0) is 19.4 Å². The van der Waals surface area contributed by atoms with Crippen LogP contribution in [0.2, 0.25) is 0 Å². The van der Waals surface area contributed by atoms with E-state index >= 15 is 0 Å². The van der Waals surface area contributed by atoms with Crippen molar-refractivity contribution >= 4 is 0 Å². The molecule has 1 unspecified atom stereocenters. The summed E-state index contributed by atoms with van der Waals surface area (Å²) in [5.41, 5.74) is 6.71. The molecule has 1 aromatic carbocycles. The highest BCUT2D eigenvalue weighted by molar-refractivity contribution is 5.30. The fraction of sp³-hybridized carbons (Fsp3) is 0.467. The van der Waals surface area contributed by atoms with Crippen LogP contribution in [0, 0.1) is 5.82 Å². The molecule has 5 nitrogen and oxygen atoms in total. The molecule has 6 heteroatoms. The van der Waals surface area contributed by atoms with Gasteiger partial charge in [0.05, 0.1) is 0 Å². The van der Waals surface area contributed by atoms with E-state index in [1.807, 2.05) is 13.8 Å². The van der Waals surface area contributed by atoms with Crippen LogP contribution < -0.4 is 10.5 Å². The molecule has 2 aromatic rings. The number of hydrogen-bond acceptors (Lipinski definition) is 5. The second-order valence-electron chi connectivity index (χ2n) is 4.91. The SMILES string of the molecule is CCc1nc(COc2cc(F)cc(CC(N)CC)c2)no1. The van der Waals surface area contributed by atoms with E-state index in [9.17, 15) is 4.39 Å². The van der Waals surface area contributed by atoms with Gasteiger partial charge in [-0.05, 0) is 30.5 Å². The number of aromatic nitrogens is 2. The first kappa shape index (κ1) is 15.4. The first-order valence-electron chi connectivity index (χ1n) is 7.10. The van der Waals surface area contributed by atoms with Crippen molar-refractivity contribution in [2.24, 2.45) is 5.73 Å². The fourth-order valence-corrected chi connectivity index (χ4v) is 1.91. The summed E-state index contributed by atoms with van der Waals surface area (Å²) in [5, 5.41) is 3.78. The number of aryl methyl sites for hydroxylation is 1. The molecule has 0 fully saturated rings. The third-order valence-corrected chi connectivity index (χ3v) is 3.13. The second kappa shape index (κ2) is 7.17. The van der Waals surface area contributed by atoms with E-state index in [2.05, 4.69) is 10.1 Å². The van der Waals surface area contributed by atoms with Crippen LogP contribution in [0.1, 0.15) is 37.5 Å². The van der Waals surface area contributed by atoms with Crippen molar-refractivity contribution in [3.63, 3.8) is 0 Å². The summed E-state index contributed by atoms with van der Waals surface area (Å²) in [6.07, 6.45) is 2.13. The summed E-state index contributed by atoms with van der Waals surface area (Å²) in [5.74, 6) is 1.11. The van der Waals surface area contributed by atoms with E-state index in [1.54, 1.807) is 6.07 Å². The highest BCUT2D eigenvalue weighted by Crippen LogP contribution is 2.19. The van der Waals surface area contributed by atoms with E-state index in [-0.39, 0.29) is 18.5 Å². The Morgan fingerprint density at radius 3 is 2.81 bits per heavy atom. The lowest BCUT2D eigenvalue weighted by molar-refractivity contribution is 0.283. The Hall–Kier alpha value is -1.95. The van der Waals surface area contributed by atoms with Gasteiger partial charge in [-0.15, -0.1) is 0 Å². The van der Waals surface area contributed by atoms with Crippen molar-refractivity contribution in [3.8, 4) is 5.75 Å². The van der Waals surface area contributed by atoms with Crippen LogP contribution in [0.25, 0.3) is 0 Å². The molecule has 0 saturated heterocycles. The van der Waals surface area contributed by atoms with Gasteiger partial charge >= 0.3 is 0 Å². The monoisotopic (exact) mass is 293 g/mol. The summed E-state index contributed by atoms with van der Waals surface area (Å²) < 4.78 is 24.1. The van der Waals surface area contributed by atoms with E-state index in [4.69, 9.17) is 15.0 Å². The Kier molecular flexibility index (Phi) is 5.27. The van der Waals surface area contributed by atoms with Gasteiger partial charge in [-0.2, -0.15) is 4.98 Å². The molecule has 0 aliphatic carbocycles. The molecule has 2 rings (SSSR count). The highest BCUT2D eigenvalue weighted by atomic mass is 19.1. The minimum absolute atomic E-state index is 0.0176. The molecule has 0 aliphatic heterocycles. The average Bonchev–Trinajstić information content (AvgIpc) is 2.92. The van der Waals surface area contributed by atoms with Crippen LogP contribution in [0.15, 0.2) is 22.7 Å².